The molecule has 0 aromatic heterocycles. The average Bonchev–Trinajstić information content (AvgIpc) is 2.35. The van der Waals surface area contributed by atoms with E-state index in [9.17, 15) is 4.79 Å². The van der Waals surface area contributed by atoms with Crippen LogP contribution in [0.2, 0.25) is 0 Å². The smallest absolute Gasteiger partial charge is 0.321 e. The molecule has 5 heteroatoms. The van der Waals surface area contributed by atoms with E-state index in [4.69, 9.17) is 15.6 Å². The van der Waals surface area contributed by atoms with Crippen LogP contribution in [0.1, 0.15) is 19.4 Å². The molecule has 1 rings (SSSR count). The van der Waals surface area contributed by atoms with Gasteiger partial charge in [0.05, 0.1) is 7.11 Å². The first-order chi connectivity index (χ1) is 8.36. The largest absolute Gasteiger partial charge is 0.497 e. The third-order valence-electron chi connectivity index (χ3n) is 2.76. The Morgan fingerprint density at radius 1 is 1.56 bits per heavy atom. The maximum atomic E-state index is 10.9. The van der Waals surface area contributed by atoms with Crippen LogP contribution in [0.3, 0.4) is 0 Å². The average molecular weight is 269 g/mol. The Morgan fingerprint density at radius 2 is 2.22 bits per heavy atom. The van der Waals surface area contributed by atoms with Gasteiger partial charge in [0, 0.05) is 10.5 Å². The lowest BCUT2D eigenvalue weighted by molar-refractivity contribution is -0.139. The lowest BCUT2D eigenvalue weighted by Gasteiger charge is -2.28. The summed E-state index contributed by atoms with van der Waals surface area (Å²) in [5.41, 5.74) is 6.76. The lowest BCUT2D eigenvalue weighted by atomic mass is 10.1. The molecule has 0 aliphatic rings. The van der Waals surface area contributed by atoms with Crippen LogP contribution in [0.5, 0.6) is 5.75 Å². The summed E-state index contributed by atoms with van der Waals surface area (Å²) in [4.78, 5) is 10.9. The Bertz CT molecular complexity index is 420. The van der Waals surface area contributed by atoms with E-state index in [1.165, 1.54) is 11.8 Å². The van der Waals surface area contributed by atoms with E-state index in [2.05, 4.69) is 0 Å². The number of nitrogens with two attached hydrogens (primary N) is 1. The fourth-order valence-corrected chi connectivity index (χ4v) is 2.42. The highest BCUT2D eigenvalue weighted by atomic mass is 32.2. The van der Waals surface area contributed by atoms with Crippen molar-refractivity contribution >= 4 is 17.7 Å². The minimum absolute atomic E-state index is 0.519. The topological polar surface area (TPSA) is 72.5 Å². The zero-order valence-corrected chi connectivity index (χ0v) is 11.7. The molecule has 0 radical (unpaired) electrons. The molecule has 0 aliphatic heterocycles. The molecule has 3 N–H and O–H groups in total. The van der Waals surface area contributed by atoms with E-state index >= 15 is 0 Å². The maximum absolute atomic E-state index is 10.9. The molecule has 100 valence electrons. The molecule has 4 nitrogen and oxygen atoms in total. The van der Waals surface area contributed by atoms with E-state index in [-0.39, 0.29) is 0 Å². The number of benzene rings is 1. The number of aliphatic carboxylic acids is 1. The molecule has 0 fully saturated rings. The summed E-state index contributed by atoms with van der Waals surface area (Å²) < 4.78 is 4.63. The van der Waals surface area contributed by atoms with Crippen LogP contribution in [0.4, 0.5) is 0 Å². The van der Waals surface area contributed by atoms with Gasteiger partial charge < -0.3 is 15.6 Å². The molecule has 0 saturated carbocycles. The van der Waals surface area contributed by atoms with Crippen LogP contribution in [-0.4, -0.2) is 29.0 Å². The van der Waals surface area contributed by atoms with Crippen molar-refractivity contribution in [1.82, 2.24) is 0 Å². The number of methoxy groups -OCH3 is 1. The monoisotopic (exact) mass is 269 g/mol. The number of rotatable bonds is 6. The van der Waals surface area contributed by atoms with Crippen LogP contribution in [0.25, 0.3) is 0 Å². The fraction of sp³-hybridized carbons (Fsp3) is 0.462. The van der Waals surface area contributed by atoms with E-state index in [1.54, 1.807) is 7.11 Å². The second-order valence-electron chi connectivity index (χ2n) is 4.56. The first-order valence-corrected chi connectivity index (χ1v) is 6.60. The maximum Gasteiger partial charge on any atom is 0.321 e. The van der Waals surface area contributed by atoms with Crippen molar-refractivity contribution in [3.8, 4) is 5.75 Å². The molecule has 1 atom stereocenters. The number of hydrogen-bond donors (Lipinski definition) is 2. The highest BCUT2D eigenvalue weighted by Gasteiger charge is 2.32. The molecule has 0 unspecified atom stereocenters. The highest BCUT2D eigenvalue weighted by molar-refractivity contribution is 7.99. The summed E-state index contributed by atoms with van der Waals surface area (Å²) in [6, 6.07) is 6.84. The van der Waals surface area contributed by atoms with Crippen molar-refractivity contribution in [3.05, 3.63) is 29.8 Å². The number of ether oxygens (including phenoxy) is 1. The van der Waals surface area contributed by atoms with Gasteiger partial charge >= 0.3 is 5.97 Å². The summed E-state index contributed by atoms with van der Waals surface area (Å²) in [6.45, 7) is 3.69. The van der Waals surface area contributed by atoms with Crippen molar-refractivity contribution in [2.24, 2.45) is 5.73 Å². The minimum atomic E-state index is -0.974. The van der Waals surface area contributed by atoms with Crippen LogP contribution in [0.15, 0.2) is 24.3 Å². The van der Waals surface area contributed by atoms with E-state index in [1.807, 2.05) is 38.1 Å². The first-order valence-electron chi connectivity index (χ1n) is 5.62. The lowest BCUT2D eigenvalue weighted by Crippen LogP contribution is -2.46. The van der Waals surface area contributed by atoms with Gasteiger partial charge in [-0.25, -0.2) is 0 Å². The molecule has 0 amide bonds. The van der Waals surface area contributed by atoms with Crippen molar-refractivity contribution in [3.63, 3.8) is 0 Å². The van der Waals surface area contributed by atoms with Crippen LogP contribution in [0, 0.1) is 0 Å². The zero-order chi connectivity index (χ0) is 13.8. The summed E-state index contributed by atoms with van der Waals surface area (Å²) >= 11 is 1.53. The first kappa shape index (κ1) is 14.9. The summed E-state index contributed by atoms with van der Waals surface area (Å²) in [5.74, 6) is 0.525. The van der Waals surface area contributed by atoms with Gasteiger partial charge in [0.1, 0.15) is 11.8 Å². The summed E-state index contributed by atoms with van der Waals surface area (Å²) in [5, 5.41) is 8.94. The van der Waals surface area contributed by atoms with Crippen LogP contribution in [-0.2, 0) is 10.5 Å². The quantitative estimate of drug-likeness (QED) is 0.827. The van der Waals surface area contributed by atoms with Crippen LogP contribution >= 0.6 is 11.8 Å². The number of thioether (sulfide) groups is 1. The predicted molar refractivity (Wildman–Crippen MR) is 74.0 cm³/mol. The second kappa shape index (κ2) is 6.11. The molecule has 0 spiro atoms. The number of hydrogen-bond acceptors (Lipinski definition) is 4. The van der Waals surface area contributed by atoms with Gasteiger partial charge in [-0.05, 0) is 31.5 Å². The number of carboxylic acid groups (broad SMARTS) is 1. The third-order valence-corrected chi connectivity index (χ3v) is 4.24. The van der Waals surface area contributed by atoms with Gasteiger partial charge in [-0.2, -0.15) is 0 Å². The molecule has 0 aliphatic carbocycles. The van der Waals surface area contributed by atoms with Crippen molar-refractivity contribution in [2.45, 2.75) is 30.4 Å². The molecule has 1 aromatic carbocycles. The van der Waals surface area contributed by atoms with Gasteiger partial charge in [0.25, 0.3) is 0 Å². The Balaban J connectivity index is 2.66. The molecular weight excluding hydrogens is 250 g/mol. The Hall–Kier alpha value is -1.20. The summed E-state index contributed by atoms with van der Waals surface area (Å²) in [6.07, 6.45) is 0. The van der Waals surface area contributed by atoms with Gasteiger partial charge in [-0.3, -0.25) is 4.79 Å². The minimum Gasteiger partial charge on any atom is -0.497 e. The Kier molecular flexibility index (Phi) is 5.04. The van der Waals surface area contributed by atoms with Crippen molar-refractivity contribution in [2.75, 3.05) is 7.11 Å². The molecule has 1 aromatic rings. The normalized spacial score (nSPS) is 13.1. The third kappa shape index (κ3) is 3.92. The molecular formula is C13H19NO3S. The van der Waals surface area contributed by atoms with Gasteiger partial charge in [0.15, 0.2) is 0 Å². The van der Waals surface area contributed by atoms with Crippen LogP contribution < -0.4 is 10.5 Å². The predicted octanol–water partition coefficient (Wildman–Crippen LogP) is 2.12. The molecule has 0 heterocycles. The van der Waals surface area contributed by atoms with Gasteiger partial charge in [-0.1, -0.05) is 12.1 Å². The molecule has 0 bridgehead atoms. The van der Waals surface area contributed by atoms with E-state index in [0.717, 1.165) is 11.3 Å². The summed E-state index contributed by atoms with van der Waals surface area (Å²) in [7, 11) is 1.62. The van der Waals surface area contributed by atoms with Crippen molar-refractivity contribution < 1.29 is 14.6 Å². The molecule has 18 heavy (non-hydrogen) atoms. The van der Waals surface area contributed by atoms with Gasteiger partial charge in [-0.15, -0.1) is 11.8 Å². The number of carbonyl (C=O) groups is 1. The van der Waals surface area contributed by atoms with E-state index < -0.39 is 16.8 Å². The molecule has 0 saturated heterocycles. The SMILES string of the molecule is COc1cccc(CSC(C)(C)[C@@H](N)C(=O)O)c1. The Labute approximate surface area is 112 Å². The number of carboxylic acids is 1. The van der Waals surface area contributed by atoms with Gasteiger partial charge in [0.2, 0.25) is 0 Å². The fourth-order valence-electron chi connectivity index (χ4n) is 1.42. The highest BCUT2D eigenvalue weighted by Crippen LogP contribution is 2.31. The van der Waals surface area contributed by atoms with Crippen molar-refractivity contribution in [1.29, 1.82) is 0 Å². The Morgan fingerprint density at radius 3 is 2.78 bits per heavy atom. The second-order valence-corrected chi connectivity index (χ2v) is 6.19. The van der Waals surface area contributed by atoms with E-state index in [0.29, 0.717) is 5.75 Å². The zero-order valence-electron chi connectivity index (χ0n) is 10.8. The standard InChI is InChI=1S/C13H19NO3S/c1-13(2,11(14)12(15)16)18-8-9-5-4-6-10(7-9)17-3/h4-7,11H,8,14H2,1-3H3,(H,15,16)/t11-/m0/s1.